The van der Waals surface area contributed by atoms with Gasteiger partial charge in [-0.3, -0.25) is 9.59 Å². The summed E-state index contributed by atoms with van der Waals surface area (Å²) in [7, 11) is 0. The molecule has 7 nitrogen and oxygen atoms in total. The van der Waals surface area contributed by atoms with Crippen LogP contribution in [0.1, 0.15) is 32.2 Å². The lowest BCUT2D eigenvalue weighted by atomic mass is 9.90. The Balaban J connectivity index is 2.86. The number of rotatable bonds is 3. The highest BCUT2D eigenvalue weighted by Crippen LogP contribution is 2.35. The largest absolute Gasteiger partial charge is 0.478 e. The predicted octanol–water partition coefficient (Wildman–Crippen LogP) is 0.667. The van der Waals surface area contributed by atoms with Crippen LogP contribution >= 0.6 is 0 Å². The van der Waals surface area contributed by atoms with E-state index in [1.54, 1.807) is 0 Å². The third-order valence-electron chi connectivity index (χ3n) is 2.74. The maximum absolute atomic E-state index is 14.0. The molecule has 0 spiro atoms. The van der Waals surface area contributed by atoms with Crippen molar-refractivity contribution in [3.05, 3.63) is 34.1 Å². The van der Waals surface area contributed by atoms with Gasteiger partial charge in [0.2, 0.25) is 0 Å². The fourth-order valence-corrected chi connectivity index (χ4v) is 1.82. The summed E-state index contributed by atoms with van der Waals surface area (Å²) in [6.07, 6.45) is 0. The zero-order valence-electron chi connectivity index (χ0n) is 9.65. The van der Waals surface area contributed by atoms with E-state index in [0.717, 1.165) is 0 Å². The number of hydrogen-bond donors (Lipinski definition) is 2. The van der Waals surface area contributed by atoms with Gasteiger partial charge in [-0.1, -0.05) is 0 Å². The van der Waals surface area contributed by atoms with Crippen molar-refractivity contribution in [1.82, 2.24) is 0 Å². The molecule has 0 bridgehead atoms. The second kappa shape index (κ2) is 4.58. The standard InChI is InChI=1S/C11H3F3O7/c12-5-1(4-10(19)21-11(4)20)6(13)7(14)3(9(17)18)2(5)8(15)16/h4H,(H,15,16)(H,17,18). The summed E-state index contributed by atoms with van der Waals surface area (Å²) >= 11 is 0. The molecule has 2 N–H and O–H groups in total. The Morgan fingerprint density at radius 2 is 1.29 bits per heavy atom. The van der Waals surface area contributed by atoms with Crippen molar-refractivity contribution in [2.45, 2.75) is 5.92 Å². The molecule has 0 aliphatic carbocycles. The second-order valence-corrected chi connectivity index (χ2v) is 3.89. The summed E-state index contributed by atoms with van der Waals surface area (Å²) < 4.78 is 45.2. The Morgan fingerprint density at radius 3 is 1.67 bits per heavy atom. The minimum atomic E-state index is -2.23. The molecule has 0 saturated carbocycles. The minimum Gasteiger partial charge on any atom is -0.478 e. The smallest absolute Gasteiger partial charge is 0.339 e. The molecule has 0 amide bonds. The fraction of sp³-hybridized carbons (Fsp3) is 0.0909. The first-order valence-corrected chi connectivity index (χ1v) is 5.10. The number of cyclic esters (lactones) is 2. The van der Waals surface area contributed by atoms with Crippen molar-refractivity contribution < 1.29 is 47.3 Å². The molecule has 1 heterocycles. The van der Waals surface area contributed by atoms with Gasteiger partial charge < -0.3 is 14.9 Å². The summed E-state index contributed by atoms with van der Waals surface area (Å²) in [6.45, 7) is 0. The quantitative estimate of drug-likeness (QED) is 0.478. The van der Waals surface area contributed by atoms with Gasteiger partial charge in [0.15, 0.2) is 17.6 Å². The normalized spacial score (nSPS) is 14.6. The molecule has 0 atom stereocenters. The molecule has 0 radical (unpaired) electrons. The second-order valence-electron chi connectivity index (χ2n) is 3.89. The average molecular weight is 304 g/mol. The van der Waals surface area contributed by atoms with Gasteiger partial charge >= 0.3 is 23.9 Å². The van der Waals surface area contributed by atoms with Gasteiger partial charge in [-0.2, -0.15) is 0 Å². The van der Waals surface area contributed by atoms with Crippen molar-refractivity contribution in [2.75, 3.05) is 0 Å². The summed E-state index contributed by atoms with van der Waals surface area (Å²) in [5, 5.41) is 17.4. The van der Waals surface area contributed by atoms with E-state index in [4.69, 9.17) is 10.2 Å². The Hall–Kier alpha value is -2.91. The third kappa shape index (κ3) is 1.91. The first-order valence-electron chi connectivity index (χ1n) is 5.10. The third-order valence-corrected chi connectivity index (χ3v) is 2.74. The number of carboxylic acid groups (broad SMARTS) is 2. The zero-order chi connectivity index (χ0) is 16.1. The molecule has 1 aromatic carbocycles. The van der Waals surface area contributed by atoms with Crippen molar-refractivity contribution in [3.63, 3.8) is 0 Å². The van der Waals surface area contributed by atoms with Crippen molar-refractivity contribution >= 4 is 23.9 Å². The van der Waals surface area contributed by atoms with E-state index in [0.29, 0.717) is 0 Å². The topological polar surface area (TPSA) is 118 Å². The van der Waals surface area contributed by atoms with Crippen LogP contribution in [0.25, 0.3) is 0 Å². The number of aromatic carboxylic acids is 2. The highest BCUT2D eigenvalue weighted by Gasteiger charge is 2.49. The number of hydrogen-bond acceptors (Lipinski definition) is 5. The molecule has 1 aliphatic heterocycles. The van der Waals surface area contributed by atoms with Crippen LogP contribution in [0, 0.1) is 17.5 Å². The van der Waals surface area contributed by atoms with Crippen LogP contribution in [0.3, 0.4) is 0 Å². The molecule has 0 unspecified atom stereocenters. The molecule has 1 aliphatic rings. The van der Waals surface area contributed by atoms with Gasteiger partial charge in [0.25, 0.3) is 0 Å². The van der Waals surface area contributed by atoms with Gasteiger partial charge in [-0.25, -0.2) is 22.8 Å². The van der Waals surface area contributed by atoms with E-state index in [9.17, 15) is 32.3 Å². The number of carbonyl (C=O) groups is 4. The van der Waals surface area contributed by atoms with Gasteiger partial charge in [0.1, 0.15) is 16.9 Å². The van der Waals surface area contributed by atoms with Crippen molar-refractivity contribution in [2.24, 2.45) is 0 Å². The van der Waals surface area contributed by atoms with Crippen LogP contribution in [0.15, 0.2) is 0 Å². The van der Waals surface area contributed by atoms with E-state index >= 15 is 0 Å². The number of ether oxygens (including phenoxy) is 1. The van der Waals surface area contributed by atoms with Crippen LogP contribution in [-0.4, -0.2) is 34.1 Å². The van der Waals surface area contributed by atoms with Crippen LogP contribution in [0.2, 0.25) is 0 Å². The molecule has 110 valence electrons. The molecule has 0 aromatic heterocycles. The predicted molar refractivity (Wildman–Crippen MR) is 54.1 cm³/mol. The summed E-state index contributed by atoms with van der Waals surface area (Å²) in [6, 6.07) is 0. The van der Waals surface area contributed by atoms with Gasteiger partial charge in [0.05, 0.1) is 5.56 Å². The average Bonchev–Trinajstić information content (AvgIpc) is 2.37. The molecule has 1 aromatic rings. The number of carbonyl (C=O) groups excluding carboxylic acids is 2. The van der Waals surface area contributed by atoms with Crippen LogP contribution in [0.4, 0.5) is 13.2 Å². The number of benzene rings is 1. The SMILES string of the molecule is O=C(O)c1c(F)c(F)c(C2C(=O)OC2=O)c(F)c1C(=O)O. The van der Waals surface area contributed by atoms with E-state index in [1.165, 1.54) is 0 Å². The van der Waals surface area contributed by atoms with Crippen molar-refractivity contribution in [3.8, 4) is 0 Å². The Morgan fingerprint density at radius 1 is 0.857 bits per heavy atom. The first-order chi connectivity index (χ1) is 9.68. The summed E-state index contributed by atoms with van der Waals surface area (Å²) in [5.41, 5.74) is -4.93. The Kier molecular flexibility index (Phi) is 3.16. The van der Waals surface area contributed by atoms with E-state index in [2.05, 4.69) is 4.74 Å². The lowest BCUT2D eigenvalue weighted by Gasteiger charge is -2.23. The highest BCUT2D eigenvalue weighted by atomic mass is 19.2. The van der Waals surface area contributed by atoms with E-state index in [1.807, 2.05) is 0 Å². The lowest BCUT2D eigenvalue weighted by Crippen LogP contribution is -2.40. The lowest BCUT2D eigenvalue weighted by molar-refractivity contribution is -0.178. The molecular weight excluding hydrogens is 301 g/mol. The maximum Gasteiger partial charge on any atom is 0.339 e. The van der Waals surface area contributed by atoms with Crippen LogP contribution in [-0.2, 0) is 14.3 Å². The van der Waals surface area contributed by atoms with Crippen molar-refractivity contribution in [1.29, 1.82) is 0 Å². The molecule has 1 fully saturated rings. The van der Waals surface area contributed by atoms with Crippen LogP contribution < -0.4 is 0 Å². The van der Waals surface area contributed by atoms with E-state index in [-0.39, 0.29) is 0 Å². The Labute approximate surface area is 112 Å². The molecule has 2 rings (SSSR count). The molecule has 21 heavy (non-hydrogen) atoms. The van der Waals surface area contributed by atoms with Gasteiger partial charge in [-0.15, -0.1) is 0 Å². The maximum atomic E-state index is 14.0. The minimum absolute atomic E-state index is 1.41. The Bertz CT molecular complexity index is 711. The van der Waals surface area contributed by atoms with Gasteiger partial charge in [-0.05, 0) is 0 Å². The first kappa shape index (κ1) is 14.5. The monoisotopic (exact) mass is 304 g/mol. The number of halogens is 3. The molecule has 1 saturated heterocycles. The number of esters is 2. The van der Waals surface area contributed by atoms with Gasteiger partial charge in [0, 0.05) is 0 Å². The molecule has 10 heteroatoms. The number of carboxylic acids is 2. The van der Waals surface area contributed by atoms with E-state index < -0.39 is 63.9 Å². The van der Waals surface area contributed by atoms with Crippen LogP contribution in [0.5, 0.6) is 0 Å². The summed E-state index contributed by atoms with van der Waals surface area (Å²) in [4.78, 5) is 43.6. The fourth-order valence-electron chi connectivity index (χ4n) is 1.82. The zero-order valence-corrected chi connectivity index (χ0v) is 9.65. The highest BCUT2D eigenvalue weighted by molar-refractivity contribution is 6.15. The summed E-state index contributed by atoms with van der Waals surface area (Å²) in [5.74, 6) is -15.8. The molecular formula is C11H3F3O7.